The Morgan fingerprint density at radius 1 is 1.38 bits per heavy atom. The zero-order valence-corrected chi connectivity index (χ0v) is 9.93. The van der Waals surface area contributed by atoms with Gasteiger partial charge in [0.25, 0.3) is 0 Å². The molecule has 0 radical (unpaired) electrons. The monoisotopic (exact) mass is 242 g/mol. The standard InChI is InChI=1S/C11H15O4P/c1-16(14,15)8-10(11(12)13)7-9-5-3-2-4-6-9/h2-6,10H,7-8H2,1H3,(H,12,13)(H,14,15). The van der Waals surface area contributed by atoms with Crippen molar-refractivity contribution in [2.45, 2.75) is 6.42 Å². The van der Waals surface area contributed by atoms with Gasteiger partial charge in [-0.25, -0.2) is 0 Å². The van der Waals surface area contributed by atoms with Crippen LogP contribution in [0.25, 0.3) is 0 Å². The summed E-state index contributed by atoms with van der Waals surface area (Å²) in [4.78, 5) is 20.2. The fourth-order valence-electron chi connectivity index (χ4n) is 1.54. The first-order valence-corrected chi connectivity index (χ1v) is 7.24. The molecule has 1 rings (SSSR count). The maximum absolute atomic E-state index is 11.2. The van der Waals surface area contributed by atoms with E-state index in [0.29, 0.717) is 0 Å². The van der Waals surface area contributed by atoms with E-state index >= 15 is 0 Å². The van der Waals surface area contributed by atoms with Crippen LogP contribution in [-0.4, -0.2) is 28.8 Å². The van der Waals surface area contributed by atoms with Crippen molar-refractivity contribution in [3.05, 3.63) is 35.9 Å². The third kappa shape index (κ3) is 4.60. The minimum atomic E-state index is -3.29. The normalized spacial score (nSPS) is 16.4. The topological polar surface area (TPSA) is 74.6 Å². The first kappa shape index (κ1) is 12.9. The van der Waals surface area contributed by atoms with Gasteiger partial charge in [0.2, 0.25) is 0 Å². The second-order valence-corrected chi connectivity index (χ2v) is 6.43. The number of hydrogen-bond donors (Lipinski definition) is 2. The van der Waals surface area contributed by atoms with Gasteiger partial charge in [0.15, 0.2) is 7.37 Å². The smallest absolute Gasteiger partial charge is 0.307 e. The number of rotatable bonds is 5. The van der Waals surface area contributed by atoms with Crippen LogP contribution in [-0.2, 0) is 15.8 Å². The second kappa shape index (κ2) is 5.28. The van der Waals surface area contributed by atoms with Crippen LogP contribution in [0.15, 0.2) is 30.3 Å². The number of carboxylic acids is 1. The molecule has 0 aliphatic carbocycles. The van der Waals surface area contributed by atoms with Crippen molar-refractivity contribution in [1.29, 1.82) is 0 Å². The molecule has 0 aromatic heterocycles. The lowest BCUT2D eigenvalue weighted by molar-refractivity contribution is -0.141. The third-order valence-electron chi connectivity index (χ3n) is 2.23. The van der Waals surface area contributed by atoms with Crippen molar-refractivity contribution in [2.75, 3.05) is 12.8 Å². The predicted octanol–water partition coefficient (Wildman–Crippen LogP) is 1.83. The Kier molecular flexibility index (Phi) is 4.27. The number of hydrogen-bond acceptors (Lipinski definition) is 2. The van der Waals surface area contributed by atoms with Crippen LogP contribution < -0.4 is 0 Å². The Hall–Kier alpha value is -1.12. The lowest BCUT2D eigenvalue weighted by atomic mass is 10.0. The molecule has 0 bridgehead atoms. The fourth-order valence-corrected chi connectivity index (χ4v) is 2.64. The second-order valence-electron chi connectivity index (χ2n) is 3.96. The van der Waals surface area contributed by atoms with E-state index in [2.05, 4.69) is 0 Å². The van der Waals surface area contributed by atoms with E-state index in [-0.39, 0.29) is 12.6 Å². The first-order chi connectivity index (χ1) is 7.38. The molecule has 2 N–H and O–H groups in total. The highest BCUT2D eigenvalue weighted by Crippen LogP contribution is 2.38. The van der Waals surface area contributed by atoms with Gasteiger partial charge in [-0.2, -0.15) is 0 Å². The minimum Gasteiger partial charge on any atom is -0.481 e. The quantitative estimate of drug-likeness (QED) is 0.772. The number of carboxylic acid groups (broad SMARTS) is 1. The molecule has 0 aliphatic heterocycles. The highest BCUT2D eigenvalue weighted by atomic mass is 31.2. The zero-order valence-electron chi connectivity index (χ0n) is 9.04. The molecule has 1 aromatic rings. The Labute approximate surface area is 94.4 Å². The molecule has 4 nitrogen and oxygen atoms in total. The van der Waals surface area contributed by atoms with Crippen LogP contribution in [0.4, 0.5) is 0 Å². The predicted molar refractivity (Wildman–Crippen MR) is 61.9 cm³/mol. The van der Waals surface area contributed by atoms with E-state index in [1.54, 1.807) is 0 Å². The molecule has 5 heteroatoms. The van der Waals surface area contributed by atoms with Gasteiger partial charge < -0.3 is 10.00 Å². The van der Waals surface area contributed by atoms with Crippen molar-refractivity contribution < 1.29 is 19.4 Å². The largest absolute Gasteiger partial charge is 0.481 e. The van der Waals surface area contributed by atoms with E-state index in [1.807, 2.05) is 30.3 Å². The molecule has 0 aliphatic rings. The van der Waals surface area contributed by atoms with Crippen LogP contribution in [0.1, 0.15) is 5.56 Å². The molecule has 0 fully saturated rings. The molecule has 2 atom stereocenters. The Bertz CT molecular complexity index is 396. The highest BCUT2D eigenvalue weighted by Gasteiger charge is 2.25. The first-order valence-electron chi connectivity index (χ1n) is 4.94. The molecular weight excluding hydrogens is 227 g/mol. The molecule has 0 saturated carbocycles. The summed E-state index contributed by atoms with van der Waals surface area (Å²) in [5.41, 5.74) is 0.864. The lowest BCUT2D eigenvalue weighted by Gasteiger charge is -2.14. The van der Waals surface area contributed by atoms with Gasteiger partial charge in [-0.3, -0.25) is 9.36 Å². The summed E-state index contributed by atoms with van der Waals surface area (Å²) in [5.74, 6) is -1.83. The molecule has 2 unspecified atom stereocenters. The van der Waals surface area contributed by atoms with Gasteiger partial charge in [0, 0.05) is 12.8 Å². The Balaban J connectivity index is 2.73. The maximum atomic E-state index is 11.2. The maximum Gasteiger partial charge on any atom is 0.307 e. The van der Waals surface area contributed by atoms with Gasteiger partial charge in [-0.15, -0.1) is 0 Å². The summed E-state index contributed by atoms with van der Waals surface area (Å²) in [6, 6.07) is 9.11. The Morgan fingerprint density at radius 3 is 2.38 bits per heavy atom. The molecule has 0 spiro atoms. The van der Waals surface area contributed by atoms with Crippen molar-refractivity contribution >= 4 is 13.3 Å². The van der Waals surface area contributed by atoms with Gasteiger partial charge in [0.05, 0.1) is 5.92 Å². The van der Waals surface area contributed by atoms with Gasteiger partial charge in [-0.05, 0) is 12.0 Å². The average molecular weight is 242 g/mol. The number of aliphatic carboxylic acids is 1. The third-order valence-corrected chi connectivity index (χ3v) is 3.35. The van der Waals surface area contributed by atoms with Crippen molar-refractivity contribution in [3.8, 4) is 0 Å². The molecule has 1 aromatic carbocycles. The van der Waals surface area contributed by atoms with E-state index < -0.39 is 19.3 Å². The van der Waals surface area contributed by atoms with E-state index in [1.165, 1.54) is 6.66 Å². The molecule has 16 heavy (non-hydrogen) atoms. The summed E-state index contributed by atoms with van der Waals surface area (Å²) in [6.07, 6.45) is 0.103. The summed E-state index contributed by atoms with van der Waals surface area (Å²) in [5, 5.41) is 8.97. The summed E-state index contributed by atoms with van der Waals surface area (Å²) < 4.78 is 11.2. The fraction of sp³-hybridized carbons (Fsp3) is 0.364. The van der Waals surface area contributed by atoms with Crippen molar-refractivity contribution in [3.63, 3.8) is 0 Å². The SMILES string of the molecule is CP(=O)(O)CC(Cc1ccccc1)C(=O)O. The van der Waals surface area contributed by atoms with Crippen LogP contribution in [0.2, 0.25) is 0 Å². The van der Waals surface area contributed by atoms with Crippen molar-refractivity contribution in [2.24, 2.45) is 5.92 Å². The van der Waals surface area contributed by atoms with E-state index in [4.69, 9.17) is 5.11 Å². The average Bonchev–Trinajstić information content (AvgIpc) is 2.16. The van der Waals surface area contributed by atoms with Crippen LogP contribution >= 0.6 is 7.37 Å². The molecule has 0 amide bonds. The summed E-state index contributed by atoms with van der Waals surface area (Å²) >= 11 is 0. The van der Waals surface area contributed by atoms with Gasteiger partial charge in [0.1, 0.15) is 0 Å². The van der Waals surface area contributed by atoms with Crippen molar-refractivity contribution in [1.82, 2.24) is 0 Å². The van der Waals surface area contributed by atoms with E-state index in [0.717, 1.165) is 5.56 Å². The minimum absolute atomic E-state index is 0.183. The van der Waals surface area contributed by atoms with Crippen LogP contribution in [0, 0.1) is 5.92 Å². The zero-order chi connectivity index (χ0) is 12.2. The van der Waals surface area contributed by atoms with Crippen LogP contribution in [0.5, 0.6) is 0 Å². The van der Waals surface area contributed by atoms with Gasteiger partial charge >= 0.3 is 5.97 Å². The summed E-state index contributed by atoms with van der Waals surface area (Å²) in [6.45, 7) is 1.19. The molecular formula is C11H15O4P. The van der Waals surface area contributed by atoms with Gasteiger partial charge in [-0.1, -0.05) is 30.3 Å². The highest BCUT2D eigenvalue weighted by molar-refractivity contribution is 7.57. The molecule has 0 saturated heterocycles. The van der Waals surface area contributed by atoms with E-state index in [9.17, 15) is 14.3 Å². The van der Waals surface area contributed by atoms with Crippen LogP contribution in [0.3, 0.4) is 0 Å². The Morgan fingerprint density at radius 2 is 1.94 bits per heavy atom. The molecule has 88 valence electrons. The number of benzene rings is 1. The number of carbonyl (C=O) groups is 1. The summed E-state index contributed by atoms with van der Waals surface area (Å²) in [7, 11) is -3.29. The lowest BCUT2D eigenvalue weighted by Crippen LogP contribution is -2.20. The molecule has 0 heterocycles.